The lowest BCUT2D eigenvalue weighted by molar-refractivity contribution is -0.128. The minimum atomic E-state index is -3.32. The number of hydrogen-bond donors (Lipinski definition) is 0. The Hall–Kier alpha value is -2.78. The molecule has 0 N–H and O–H groups in total. The van der Waals surface area contributed by atoms with Crippen LogP contribution in [0.25, 0.3) is 0 Å². The number of cyclic esters (lactones) is 1. The molecule has 2 fully saturated rings. The molecule has 0 bridgehead atoms. The summed E-state index contributed by atoms with van der Waals surface area (Å²) in [5.41, 5.74) is 3.73. The van der Waals surface area contributed by atoms with Crippen LogP contribution < -0.4 is 4.90 Å². The summed E-state index contributed by atoms with van der Waals surface area (Å²) in [5.74, 6) is 0.389. The number of sulfone groups is 1. The Balaban J connectivity index is 1.19. The van der Waals surface area contributed by atoms with Crippen LogP contribution in [0.4, 0.5) is 5.82 Å². The van der Waals surface area contributed by atoms with Crippen molar-refractivity contribution in [1.29, 1.82) is 0 Å². The van der Waals surface area contributed by atoms with Gasteiger partial charge in [-0.15, -0.1) is 0 Å². The molecule has 3 aliphatic heterocycles. The average molecular weight is 484 g/mol. The normalized spacial score (nSPS) is 20.1. The number of pyridine rings is 1. The minimum absolute atomic E-state index is 0.103. The molecule has 1 amide bonds. The van der Waals surface area contributed by atoms with E-state index in [4.69, 9.17) is 4.74 Å². The molecular formula is C25H29N3O5S. The maximum atomic E-state index is 13.3. The number of benzene rings is 1. The van der Waals surface area contributed by atoms with E-state index in [1.54, 1.807) is 11.0 Å². The van der Waals surface area contributed by atoms with E-state index in [2.05, 4.69) is 16.8 Å². The highest BCUT2D eigenvalue weighted by Gasteiger charge is 2.48. The Bertz CT molecular complexity index is 1250. The average Bonchev–Trinajstić information content (AvgIpc) is 3.35. The third-order valence-corrected chi connectivity index (χ3v) is 8.82. The second-order valence-corrected chi connectivity index (χ2v) is 11.7. The van der Waals surface area contributed by atoms with E-state index >= 15 is 0 Å². The van der Waals surface area contributed by atoms with Crippen molar-refractivity contribution in [2.75, 3.05) is 37.3 Å². The molecule has 2 saturated heterocycles. The number of esters is 1. The number of anilines is 1. The van der Waals surface area contributed by atoms with Gasteiger partial charge in [0.25, 0.3) is 0 Å². The summed E-state index contributed by atoms with van der Waals surface area (Å²) in [5, 5.41) is 0. The number of piperidine rings is 1. The molecule has 9 heteroatoms. The van der Waals surface area contributed by atoms with Crippen LogP contribution in [0, 0.1) is 12.3 Å². The van der Waals surface area contributed by atoms with E-state index in [0.717, 1.165) is 62.7 Å². The highest BCUT2D eigenvalue weighted by Crippen LogP contribution is 2.42. The van der Waals surface area contributed by atoms with Gasteiger partial charge in [-0.1, -0.05) is 6.07 Å². The van der Waals surface area contributed by atoms with Gasteiger partial charge in [-0.25, -0.2) is 18.2 Å². The quantitative estimate of drug-likeness (QED) is 0.603. The number of ether oxygens (including phenoxy) is 1. The Labute approximate surface area is 199 Å². The van der Waals surface area contributed by atoms with E-state index in [0.29, 0.717) is 24.5 Å². The number of carbonyl (C=O) groups is 2. The lowest BCUT2D eigenvalue weighted by atomic mass is 9.77. The van der Waals surface area contributed by atoms with Crippen molar-refractivity contribution in [3.63, 3.8) is 0 Å². The second kappa shape index (κ2) is 8.46. The molecule has 0 radical (unpaired) electrons. The van der Waals surface area contributed by atoms with Gasteiger partial charge >= 0.3 is 5.97 Å². The van der Waals surface area contributed by atoms with Crippen molar-refractivity contribution in [3.8, 4) is 0 Å². The number of nitrogens with zero attached hydrogens (tertiary/aromatic N) is 3. The summed E-state index contributed by atoms with van der Waals surface area (Å²) < 4.78 is 28.5. The molecule has 2 aromatic rings. The number of aromatic nitrogens is 1. The lowest BCUT2D eigenvalue weighted by Gasteiger charge is -2.38. The molecule has 5 rings (SSSR count). The van der Waals surface area contributed by atoms with E-state index in [9.17, 15) is 18.0 Å². The second-order valence-electron chi connectivity index (χ2n) is 9.65. The first-order valence-electron chi connectivity index (χ1n) is 11.7. The third-order valence-electron chi connectivity index (χ3n) is 7.73. The van der Waals surface area contributed by atoms with Crippen molar-refractivity contribution >= 4 is 27.5 Å². The number of fused-ring (bicyclic) bond motifs is 1. The first-order valence-corrected chi connectivity index (χ1v) is 13.6. The largest absolute Gasteiger partial charge is 0.457 e. The SMILES string of the molecule is Cc1c(CCN2CCC3(CC2)CCN(c2ccc(S(C)(=O)=O)cn2)C3=O)ccc2c1COC2=O. The Kier molecular flexibility index (Phi) is 5.72. The van der Waals surface area contributed by atoms with Gasteiger partial charge in [0, 0.05) is 31.1 Å². The molecular weight excluding hydrogens is 454 g/mol. The Morgan fingerprint density at radius 1 is 1.06 bits per heavy atom. The number of likely N-dealkylation sites (tertiary alicyclic amines) is 1. The summed E-state index contributed by atoms with van der Waals surface area (Å²) in [6, 6.07) is 7.05. The van der Waals surface area contributed by atoms with Gasteiger partial charge < -0.3 is 9.64 Å². The minimum Gasteiger partial charge on any atom is -0.457 e. The summed E-state index contributed by atoms with van der Waals surface area (Å²) in [4.78, 5) is 33.6. The van der Waals surface area contributed by atoms with E-state index in [1.807, 2.05) is 12.1 Å². The van der Waals surface area contributed by atoms with E-state index < -0.39 is 9.84 Å². The van der Waals surface area contributed by atoms with Crippen LogP contribution >= 0.6 is 0 Å². The van der Waals surface area contributed by atoms with Gasteiger partial charge in [-0.2, -0.15) is 0 Å². The first kappa shape index (κ1) is 23.0. The molecule has 1 aromatic heterocycles. The molecule has 180 valence electrons. The van der Waals surface area contributed by atoms with Crippen LogP contribution in [0.3, 0.4) is 0 Å². The molecule has 0 saturated carbocycles. The van der Waals surface area contributed by atoms with Crippen molar-refractivity contribution < 1.29 is 22.7 Å². The van der Waals surface area contributed by atoms with Crippen LogP contribution in [0.15, 0.2) is 35.4 Å². The van der Waals surface area contributed by atoms with Gasteiger partial charge in [0.2, 0.25) is 5.91 Å². The highest BCUT2D eigenvalue weighted by molar-refractivity contribution is 7.90. The number of amides is 1. The zero-order valence-electron chi connectivity index (χ0n) is 19.5. The summed E-state index contributed by atoms with van der Waals surface area (Å²) in [7, 11) is -3.32. The van der Waals surface area contributed by atoms with Gasteiger partial charge in [-0.3, -0.25) is 9.69 Å². The van der Waals surface area contributed by atoms with Crippen LogP contribution in [0.2, 0.25) is 0 Å². The molecule has 0 atom stereocenters. The standard InChI is InChI=1S/C25H29N3O5S/c1-17-18(3-5-20-21(17)16-33-23(20)29)7-11-27-12-8-25(9-13-27)10-14-28(24(25)30)22-6-4-19(15-26-22)34(2,31)32/h3-6,15H,7-14,16H2,1-2H3. The lowest BCUT2D eigenvalue weighted by Crippen LogP contribution is -2.45. The van der Waals surface area contributed by atoms with Crippen LogP contribution in [0.5, 0.6) is 0 Å². The van der Waals surface area contributed by atoms with Gasteiger partial charge in [0.05, 0.1) is 15.9 Å². The number of rotatable bonds is 5. The summed E-state index contributed by atoms with van der Waals surface area (Å²) in [6.45, 7) is 5.68. The van der Waals surface area contributed by atoms with Crippen LogP contribution in [-0.2, 0) is 32.4 Å². The third kappa shape index (κ3) is 4.01. The highest BCUT2D eigenvalue weighted by atomic mass is 32.2. The fourth-order valence-electron chi connectivity index (χ4n) is 5.41. The fourth-order valence-corrected chi connectivity index (χ4v) is 5.97. The molecule has 4 heterocycles. The summed E-state index contributed by atoms with van der Waals surface area (Å²) in [6.07, 6.45) is 5.80. The predicted octanol–water partition coefficient (Wildman–Crippen LogP) is 2.53. The zero-order valence-corrected chi connectivity index (χ0v) is 20.4. The maximum absolute atomic E-state index is 13.3. The molecule has 1 aromatic carbocycles. The van der Waals surface area contributed by atoms with Crippen molar-refractivity contribution in [3.05, 3.63) is 52.7 Å². The monoisotopic (exact) mass is 483 g/mol. The Morgan fingerprint density at radius 2 is 1.79 bits per heavy atom. The van der Waals surface area contributed by atoms with Crippen molar-refractivity contribution in [1.82, 2.24) is 9.88 Å². The molecule has 0 unspecified atom stereocenters. The van der Waals surface area contributed by atoms with Crippen molar-refractivity contribution in [2.24, 2.45) is 5.41 Å². The van der Waals surface area contributed by atoms with E-state index in [1.165, 1.54) is 17.8 Å². The van der Waals surface area contributed by atoms with Gasteiger partial charge in [0.1, 0.15) is 12.4 Å². The van der Waals surface area contributed by atoms with Crippen LogP contribution in [0.1, 0.15) is 46.3 Å². The Morgan fingerprint density at radius 3 is 2.47 bits per heavy atom. The van der Waals surface area contributed by atoms with E-state index in [-0.39, 0.29) is 22.2 Å². The smallest absolute Gasteiger partial charge is 0.338 e. The fraction of sp³-hybridized carbons (Fsp3) is 0.480. The predicted molar refractivity (Wildman–Crippen MR) is 126 cm³/mol. The first-order chi connectivity index (χ1) is 16.2. The zero-order chi connectivity index (χ0) is 24.1. The molecule has 1 spiro atoms. The van der Waals surface area contributed by atoms with Gasteiger partial charge in [-0.05, 0) is 75.0 Å². The number of carbonyl (C=O) groups excluding carboxylic acids is 2. The molecule has 3 aliphatic rings. The number of hydrogen-bond acceptors (Lipinski definition) is 7. The topological polar surface area (TPSA) is 96.9 Å². The summed E-state index contributed by atoms with van der Waals surface area (Å²) >= 11 is 0. The van der Waals surface area contributed by atoms with Gasteiger partial charge in [0.15, 0.2) is 9.84 Å². The molecule has 34 heavy (non-hydrogen) atoms. The van der Waals surface area contributed by atoms with Crippen LogP contribution in [-0.4, -0.2) is 62.6 Å². The molecule has 8 nitrogen and oxygen atoms in total. The van der Waals surface area contributed by atoms with Crippen molar-refractivity contribution in [2.45, 2.75) is 44.1 Å². The molecule has 0 aliphatic carbocycles. The maximum Gasteiger partial charge on any atom is 0.338 e.